The molecular formula is C22H24ClN3O3S. The first-order valence-corrected chi connectivity index (χ1v) is 11.0. The number of para-hydroxylation sites is 1. The third-order valence-corrected chi connectivity index (χ3v) is 5.74. The summed E-state index contributed by atoms with van der Waals surface area (Å²) in [6, 6.07) is 14.3. The number of halogens is 1. The number of hydrogen-bond acceptors (Lipinski definition) is 5. The first-order chi connectivity index (χ1) is 14.4. The highest BCUT2D eigenvalue weighted by atomic mass is 35.5. The van der Waals surface area contributed by atoms with E-state index >= 15 is 0 Å². The topological polar surface area (TPSA) is 64.4 Å². The molecule has 30 heavy (non-hydrogen) atoms. The lowest BCUT2D eigenvalue weighted by Gasteiger charge is -2.19. The van der Waals surface area contributed by atoms with Gasteiger partial charge in [-0.05, 0) is 50.2 Å². The minimum absolute atomic E-state index is 0.0577. The lowest BCUT2D eigenvalue weighted by Crippen LogP contribution is -2.32. The number of aromatic nitrogens is 2. The Labute approximate surface area is 184 Å². The maximum absolute atomic E-state index is 12.9. The van der Waals surface area contributed by atoms with E-state index in [2.05, 4.69) is 4.98 Å². The van der Waals surface area contributed by atoms with Gasteiger partial charge in [0.25, 0.3) is 5.56 Å². The van der Waals surface area contributed by atoms with Crippen LogP contribution >= 0.6 is 23.4 Å². The highest BCUT2D eigenvalue weighted by Gasteiger charge is 2.16. The lowest BCUT2D eigenvalue weighted by molar-refractivity contribution is -0.127. The Kier molecular flexibility index (Phi) is 7.39. The molecule has 0 spiro atoms. The average molecular weight is 446 g/mol. The third kappa shape index (κ3) is 5.34. The summed E-state index contributed by atoms with van der Waals surface area (Å²) in [7, 11) is 1.73. The van der Waals surface area contributed by atoms with Crippen molar-refractivity contribution in [3.8, 4) is 5.75 Å². The first kappa shape index (κ1) is 22.2. The predicted octanol–water partition coefficient (Wildman–Crippen LogP) is 4.26. The van der Waals surface area contributed by atoms with Gasteiger partial charge in [0, 0.05) is 18.1 Å². The molecule has 0 aliphatic carbocycles. The molecule has 0 atom stereocenters. The van der Waals surface area contributed by atoms with E-state index in [1.54, 1.807) is 46.8 Å². The van der Waals surface area contributed by atoms with Gasteiger partial charge >= 0.3 is 0 Å². The molecule has 0 aliphatic heterocycles. The molecule has 0 saturated carbocycles. The third-order valence-electron chi connectivity index (χ3n) is 4.55. The van der Waals surface area contributed by atoms with Gasteiger partial charge in [0.15, 0.2) is 5.16 Å². The van der Waals surface area contributed by atoms with Crippen LogP contribution in [0.15, 0.2) is 58.5 Å². The molecule has 1 heterocycles. The second kappa shape index (κ2) is 10.00. The van der Waals surface area contributed by atoms with Crippen LogP contribution in [0.4, 0.5) is 0 Å². The van der Waals surface area contributed by atoms with Crippen molar-refractivity contribution < 1.29 is 9.53 Å². The zero-order valence-electron chi connectivity index (χ0n) is 17.2. The fourth-order valence-corrected chi connectivity index (χ4v) is 4.07. The molecule has 0 bridgehead atoms. The highest BCUT2D eigenvalue weighted by Crippen LogP contribution is 2.21. The summed E-state index contributed by atoms with van der Waals surface area (Å²) in [5.74, 6) is 0.836. The number of rotatable bonds is 8. The van der Waals surface area contributed by atoms with Gasteiger partial charge in [-0.1, -0.05) is 35.5 Å². The van der Waals surface area contributed by atoms with Crippen molar-refractivity contribution in [1.29, 1.82) is 0 Å². The number of carbonyl (C=O) groups is 1. The zero-order valence-corrected chi connectivity index (χ0v) is 18.7. The zero-order chi connectivity index (χ0) is 21.7. The van der Waals surface area contributed by atoms with Crippen molar-refractivity contribution in [2.45, 2.75) is 25.0 Å². The van der Waals surface area contributed by atoms with Crippen LogP contribution in [0.2, 0.25) is 5.02 Å². The smallest absolute Gasteiger partial charge is 0.262 e. The standard InChI is InChI=1S/C22H24ClN3O3S/c1-15(2)26-21(28)18-6-4-5-7-19(18)24-22(26)30-14-20(27)25(3)12-13-29-17-10-8-16(23)9-11-17/h4-11,15H,12-14H2,1-3H3. The SMILES string of the molecule is CC(C)n1c(SCC(=O)N(C)CCOc2ccc(Cl)cc2)nc2ccccc2c1=O. The van der Waals surface area contributed by atoms with Gasteiger partial charge in [-0.15, -0.1) is 0 Å². The molecule has 0 N–H and O–H groups in total. The number of fused-ring (bicyclic) bond motifs is 1. The summed E-state index contributed by atoms with van der Waals surface area (Å²) in [4.78, 5) is 31.6. The Morgan fingerprint density at radius 1 is 1.20 bits per heavy atom. The Morgan fingerprint density at radius 3 is 2.60 bits per heavy atom. The lowest BCUT2D eigenvalue weighted by atomic mass is 10.2. The molecule has 0 unspecified atom stereocenters. The van der Waals surface area contributed by atoms with Gasteiger partial charge < -0.3 is 9.64 Å². The number of thioether (sulfide) groups is 1. The molecule has 1 aromatic heterocycles. The molecule has 1 amide bonds. The number of hydrogen-bond donors (Lipinski definition) is 0. The van der Waals surface area contributed by atoms with Crippen LogP contribution in [0.1, 0.15) is 19.9 Å². The van der Waals surface area contributed by atoms with E-state index < -0.39 is 0 Å². The van der Waals surface area contributed by atoms with Crippen molar-refractivity contribution >= 4 is 40.2 Å². The summed E-state index contributed by atoms with van der Waals surface area (Å²) in [6.45, 7) is 4.69. The van der Waals surface area contributed by atoms with Crippen molar-refractivity contribution in [2.75, 3.05) is 26.0 Å². The predicted molar refractivity (Wildman–Crippen MR) is 122 cm³/mol. The van der Waals surface area contributed by atoms with E-state index in [9.17, 15) is 9.59 Å². The van der Waals surface area contributed by atoms with E-state index in [0.717, 1.165) is 0 Å². The van der Waals surface area contributed by atoms with Crippen LogP contribution in [0.25, 0.3) is 10.9 Å². The second-order valence-corrected chi connectivity index (χ2v) is 8.47. The minimum atomic E-state index is -0.0877. The van der Waals surface area contributed by atoms with Gasteiger partial charge in [0.1, 0.15) is 12.4 Å². The van der Waals surface area contributed by atoms with E-state index in [0.29, 0.717) is 40.0 Å². The molecular weight excluding hydrogens is 422 g/mol. The minimum Gasteiger partial charge on any atom is -0.492 e. The summed E-state index contributed by atoms with van der Waals surface area (Å²) in [5, 5.41) is 1.78. The quantitative estimate of drug-likeness (QED) is 0.383. The van der Waals surface area contributed by atoms with Crippen LogP contribution in [-0.4, -0.2) is 46.3 Å². The van der Waals surface area contributed by atoms with E-state index in [1.165, 1.54) is 11.8 Å². The first-order valence-electron chi connectivity index (χ1n) is 9.63. The summed E-state index contributed by atoms with van der Waals surface area (Å²) in [6.07, 6.45) is 0. The highest BCUT2D eigenvalue weighted by molar-refractivity contribution is 7.99. The van der Waals surface area contributed by atoms with E-state index in [4.69, 9.17) is 16.3 Å². The van der Waals surface area contributed by atoms with Crippen LogP contribution in [0, 0.1) is 0 Å². The fourth-order valence-electron chi connectivity index (χ4n) is 2.88. The molecule has 0 radical (unpaired) electrons. The Morgan fingerprint density at radius 2 is 1.90 bits per heavy atom. The molecule has 0 saturated heterocycles. The normalized spacial score (nSPS) is 11.1. The van der Waals surface area contributed by atoms with Crippen LogP contribution in [0.5, 0.6) is 5.75 Å². The maximum atomic E-state index is 12.9. The van der Waals surface area contributed by atoms with E-state index in [-0.39, 0.29) is 23.3 Å². The van der Waals surface area contributed by atoms with Gasteiger partial charge in [-0.25, -0.2) is 4.98 Å². The monoisotopic (exact) mass is 445 g/mol. The maximum Gasteiger partial charge on any atom is 0.262 e. The number of amides is 1. The molecule has 2 aromatic carbocycles. The van der Waals surface area contributed by atoms with Crippen molar-refractivity contribution in [2.24, 2.45) is 0 Å². The number of benzene rings is 2. The molecule has 8 heteroatoms. The van der Waals surface area contributed by atoms with Crippen molar-refractivity contribution in [3.63, 3.8) is 0 Å². The Bertz CT molecular complexity index is 1080. The van der Waals surface area contributed by atoms with Crippen LogP contribution in [0.3, 0.4) is 0 Å². The van der Waals surface area contributed by atoms with Gasteiger partial charge in [-0.3, -0.25) is 14.2 Å². The van der Waals surface area contributed by atoms with Crippen LogP contribution in [-0.2, 0) is 4.79 Å². The molecule has 0 aliphatic rings. The Hall–Kier alpha value is -2.51. The molecule has 3 rings (SSSR count). The molecule has 6 nitrogen and oxygen atoms in total. The number of likely N-dealkylation sites (N-methyl/N-ethyl adjacent to an activating group) is 1. The molecule has 158 valence electrons. The summed E-state index contributed by atoms with van der Waals surface area (Å²) >= 11 is 7.14. The number of carbonyl (C=O) groups excluding carboxylic acids is 1. The van der Waals surface area contributed by atoms with Crippen molar-refractivity contribution in [1.82, 2.24) is 14.5 Å². The number of nitrogens with zero attached hydrogens (tertiary/aromatic N) is 3. The largest absolute Gasteiger partial charge is 0.492 e. The second-order valence-electron chi connectivity index (χ2n) is 7.09. The average Bonchev–Trinajstić information content (AvgIpc) is 2.73. The van der Waals surface area contributed by atoms with Gasteiger partial charge in [0.05, 0.1) is 23.2 Å². The Balaban J connectivity index is 1.62. The van der Waals surface area contributed by atoms with Crippen molar-refractivity contribution in [3.05, 3.63) is 63.9 Å². The van der Waals surface area contributed by atoms with Gasteiger partial charge in [0.2, 0.25) is 5.91 Å². The van der Waals surface area contributed by atoms with Gasteiger partial charge in [-0.2, -0.15) is 0 Å². The molecule has 3 aromatic rings. The molecule has 0 fully saturated rings. The fraction of sp³-hybridized carbons (Fsp3) is 0.318. The summed E-state index contributed by atoms with van der Waals surface area (Å²) in [5.41, 5.74) is 0.550. The van der Waals surface area contributed by atoms with Crippen LogP contribution < -0.4 is 10.3 Å². The van der Waals surface area contributed by atoms with E-state index in [1.807, 2.05) is 32.0 Å². The summed E-state index contributed by atoms with van der Waals surface area (Å²) < 4.78 is 7.28. The number of ether oxygens (including phenoxy) is 1.